The van der Waals surface area contributed by atoms with E-state index in [2.05, 4.69) is 80.4 Å². The molecule has 0 bridgehead atoms. The molecule has 5 aromatic rings. The Kier molecular flexibility index (Phi) is 5.89. The molecule has 2 aliphatic heterocycles. The number of hydrogen-bond donors (Lipinski definition) is 0. The number of hydrogen-bond acceptors (Lipinski definition) is 4. The average molecular weight is 520 g/mol. The lowest BCUT2D eigenvalue weighted by atomic mass is 9.78. The molecule has 0 amide bonds. The maximum absolute atomic E-state index is 6.36. The van der Waals surface area contributed by atoms with Crippen molar-refractivity contribution < 1.29 is 4.42 Å². The number of allylic oxidation sites excluding steroid dienone is 2. The van der Waals surface area contributed by atoms with Crippen LogP contribution in [0.5, 0.6) is 0 Å². The average Bonchev–Trinajstić information content (AvgIpc) is 3.35. The fourth-order valence-corrected chi connectivity index (χ4v) is 6.24. The normalized spacial score (nSPS) is 20.1. The van der Waals surface area contributed by atoms with E-state index in [-0.39, 0.29) is 12.0 Å². The van der Waals surface area contributed by atoms with Crippen molar-refractivity contribution in [3.05, 3.63) is 139 Å². The Hall–Kier alpha value is -4.83. The summed E-state index contributed by atoms with van der Waals surface area (Å²) in [6, 6.07) is 27.3. The van der Waals surface area contributed by atoms with E-state index in [0.29, 0.717) is 12.1 Å². The van der Waals surface area contributed by atoms with Crippen LogP contribution >= 0.6 is 0 Å². The van der Waals surface area contributed by atoms with Gasteiger partial charge in [-0.25, -0.2) is 4.98 Å². The number of aliphatic imine (C=N–C) groups is 2. The van der Waals surface area contributed by atoms with Crippen LogP contribution in [0.4, 0.5) is 0 Å². The molecule has 0 spiro atoms. The minimum Gasteiger partial charge on any atom is -0.438 e. The molecule has 4 nitrogen and oxygen atoms in total. The Morgan fingerprint density at radius 3 is 2.45 bits per heavy atom. The van der Waals surface area contributed by atoms with E-state index in [9.17, 15) is 0 Å². The third kappa shape index (κ3) is 4.04. The molecule has 40 heavy (non-hydrogen) atoms. The number of aromatic nitrogens is 1. The summed E-state index contributed by atoms with van der Waals surface area (Å²) in [7, 11) is 0. The Labute approximate surface area is 233 Å². The van der Waals surface area contributed by atoms with Crippen molar-refractivity contribution in [3.63, 3.8) is 0 Å². The lowest BCUT2D eigenvalue weighted by Crippen LogP contribution is -2.27. The summed E-state index contributed by atoms with van der Waals surface area (Å²) in [6.07, 6.45) is 6.19. The topological polar surface area (TPSA) is 50.8 Å². The van der Waals surface area contributed by atoms with Crippen molar-refractivity contribution in [1.82, 2.24) is 4.98 Å². The number of furan rings is 1. The second kappa shape index (κ2) is 9.73. The SMILES string of the molecule is C=CC1=NC2CC(=C)/N=C(/C=C)c3cc4c(cc3CCC2c2ccccc21)oc1nc(-c2ccccc2)ccc14. The third-order valence-corrected chi connectivity index (χ3v) is 8.15. The summed E-state index contributed by atoms with van der Waals surface area (Å²) >= 11 is 0. The summed E-state index contributed by atoms with van der Waals surface area (Å²) in [5.74, 6) is 0.256. The van der Waals surface area contributed by atoms with E-state index in [1.807, 2.05) is 30.4 Å². The zero-order valence-electron chi connectivity index (χ0n) is 22.3. The molecule has 7 rings (SSSR count). The Bertz CT molecular complexity index is 1890. The minimum absolute atomic E-state index is 0.0577. The third-order valence-electron chi connectivity index (χ3n) is 8.15. The van der Waals surface area contributed by atoms with Gasteiger partial charge in [0.25, 0.3) is 0 Å². The molecular weight excluding hydrogens is 490 g/mol. The highest BCUT2D eigenvalue weighted by atomic mass is 16.3. The van der Waals surface area contributed by atoms with Gasteiger partial charge in [0.2, 0.25) is 5.71 Å². The Balaban J connectivity index is 1.36. The van der Waals surface area contributed by atoms with Crippen LogP contribution in [-0.2, 0) is 6.42 Å². The van der Waals surface area contributed by atoms with E-state index >= 15 is 0 Å². The van der Waals surface area contributed by atoms with E-state index in [0.717, 1.165) is 63.1 Å². The van der Waals surface area contributed by atoms with Crippen molar-refractivity contribution in [3.8, 4) is 11.3 Å². The minimum atomic E-state index is 0.0577. The van der Waals surface area contributed by atoms with Gasteiger partial charge in [0.1, 0.15) is 5.58 Å². The number of rotatable bonds is 3. The first-order chi connectivity index (χ1) is 19.6. The van der Waals surface area contributed by atoms with Crippen LogP contribution in [0.1, 0.15) is 41.0 Å². The molecule has 4 heteroatoms. The molecule has 0 N–H and O–H groups in total. The van der Waals surface area contributed by atoms with Crippen molar-refractivity contribution in [1.29, 1.82) is 0 Å². The van der Waals surface area contributed by atoms with Crippen LogP contribution in [0, 0.1) is 0 Å². The van der Waals surface area contributed by atoms with Crippen LogP contribution in [0.15, 0.2) is 131 Å². The Morgan fingerprint density at radius 2 is 1.62 bits per heavy atom. The first-order valence-electron chi connectivity index (χ1n) is 13.7. The molecule has 0 radical (unpaired) electrons. The highest BCUT2D eigenvalue weighted by Crippen LogP contribution is 2.39. The molecule has 2 aliphatic rings. The monoisotopic (exact) mass is 519 g/mol. The number of fused-ring (bicyclic) bond motifs is 7. The van der Waals surface area contributed by atoms with Gasteiger partial charge >= 0.3 is 0 Å². The quantitative estimate of drug-likeness (QED) is 0.240. The van der Waals surface area contributed by atoms with Crippen molar-refractivity contribution in [2.24, 2.45) is 9.98 Å². The maximum atomic E-state index is 6.36. The fourth-order valence-electron chi connectivity index (χ4n) is 6.24. The summed E-state index contributed by atoms with van der Waals surface area (Å²) in [5, 5.41) is 2.02. The van der Waals surface area contributed by atoms with Gasteiger partial charge in [-0.1, -0.05) is 74.3 Å². The molecule has 0 saturated heterocycles. The predicted octanol–water partition coefficient (Wildman–Crippen LogP) is 8.61. The van der Waals surface area contributed by atoms with Gasteiger partial charge in [-0.3, -0.25) is 9.98 Å². The van der Waals surface area contributed by atoms with E-state index < -0.39 is 0 Å². The first-order valence-corrected chi connectivity index (χ1v) is 13.7. The van der Waals surface area contributed by atoms with Gasteiger partial charge in [0, 0.05) is 45.5 Å². The summed E-state index contributed by atoms with van der Waals surface area (Å²) < 4.78 is 6.36. The summed E-state index contributed by atoms with van der Waals surface area (Å²) in [5.41, 5.74) is 10.7. The molecule has 0 fully saturated rings. The number of nitrogens with zero attached hydrogens (tertiary/aromatic N) is 3. The van der Waals surface area contributed by atoms with Crippen LogP contribution in [0.3, 0.4) is 0 Å². The lowest BCUT2D eigenvalue weighted by Gasteiger charge is -2.32. The number of aryl methyl sites for hydroxylation is 1. The smallest absolute Gasteiger partial charge is 0.227 e. The maximum Gasteiger partial charge on any atom is 0.227 e. The largest absolute Gasteiger partial charge is 0.438 e. The van der Waals surface area contributed by atoms with Crippen molar-refractivity contribution in [2.45, 2.75) is 31.2 Å². The zero-order valence-corrected chi connectivity index (χ0v) is 22.3. The highest BCUT2D eigenvalue weighted by molar-refractivity contribution is 6.14. The summed E-state index contributed by atoms with van der Waals surface area (Å²) in [6.45, 7) is 12.5. The molecule has 2 atom stereocenters. The van der Waals surface area contributed by atoms with Crippen LogP contribution in [0.25, 0.3) is 33.3 Å². The van der Waals surface area contributed by atoms with Gasteiger partial charge in [0.05, 0.1) is 23.2 Å². The van der Waals surface area contributed by atoms with E-state index in [1.54, 1.807) is 0 Å². The Morgan fingerprint density at radius 1 is 0.825 bits per heavy atom. The van der Waals surface area contributed by atoms with Crippen LogP contribution < -0.4 is 0 Å². The van der Waals surface area contributed by atoms with Gasteiger partial charge < -0.3 is 4.42 Å². The first kappa shape index (κ1) is 24.2. The predicted molar refractivity (Wildman–Crippen MR) is 165 cm³/mol. The van der Waals surface area contributed by atoms with Gasteiger partial charge in [0.15, 0.2) is 0 Å². The second-order valence-corrected chi connectivity index (χ2v) is 10.5. The number of benzene rings is 3. The van der Waals surface area contributed by atoms with Gasteiger partial charge in [-0.15, -0.1) is 0 Å². The van der Waals surface area contributed by atoms with E-state index in [1.165, 1.54) is 16.7 Å². The van der Waals surface area contributed by atoms with Gasteiger partial charge in [-0.2, -0.15) is 0 Å². The van der Waals surface area contributed by atoms with Crippen molar-refractivity contribution >= 4 is 33.5 Å². The van der Waals surface area contributed by atoms with Crippen LogP contribution in [0.2, 0.25) is 0 Å². The standard InChI is InChI=1S/C36H29N3O/c1-4-31-26-14-10-9-13-25(26)27-16-15-24-20-35-30(21-29(24)32(5-2)37-22(3)19-34(27)38-31)28-17-18-33(39-36(28)40-35)23-11-7-6-8-12-23/h4-14,17-18,20-21,27,34H,1-3,15-16,19H2/b37-32-. The van der Waals surface area contributed by atoms with E-state index in [4.69, 9.17) is 19.4 Å². The van der Waals surface area contributed by atoms with Crippen LogP contribution in [-0.4, -0.2) is 22.4 Å². The van der Waals surface area contributed by atoms with Crippen molar-refractivity contribution in [2.75, 3.05) is 0 Å². The zero-order chi connectivity index (χ0) is 27.2. The summed E-state index contributed by atoms with van der Waals surface area (Å²) in [4.78, 5) is 15.0. The number of pyridine rings is 1. The van der Waals surface area contributed by atoms with Gasteiger partial charge in [-0.05, 0) is 60.4 Å². The molecule has 0 saturated carbocycles. The second-order valence-electron chi connectivity index (χ2n) is 10.5. The fraction of sp³-hybridized carbons (Fsp3) is 0.139. The molecule has 2 aromatic heterocycles. The highest BCUT2D eigenvalue weighted by Gasteiger charge is 2.31. The molecule has 3 aromatic carbocycles. The molecular formula is C36H29N3O. The molecule has 194 valence electrons. The molecule has 2 unspecified atom stereocenters. The molecule has 0 aliphatic carbocycles. The molecule has 4 heterocycles. The lowest BCUT2D eigenvalue weighted by molar-refractivity contribution is 0.490.